The molecule has 4 nitrogen and oxygen atoms in total. The van der Waals surface area contributed by atoms with Gasteiger partial charge in [0.1, 0.15) is 0 Å². The minimum Gasteiger partial charge on any atom is -0.391 e. The zero-order valence-electron chi connectivity index (χ0n) is 12.2. The molecule has 0 saturated carbocycles. The summed E-state index contributed by atoms with van der Waals surface area (Å²) in [7, 11) is -3.57. The van der Waals surface area contributed by atoms with Crippen LogP contribution in [0.2, 0.25) is 0 Å². The Labute approximate surface area is 131 Å². The summed E-state index contributed by atoms with van der Waals surface area (Å²) in [5.74, 6) is 0. The molecule has 2 aromatic rings. The summed E-state index contributed by atoms with van der Waals surface area (Å²) >= 11 is 0. The molecular weight excluding hydrogens is 298 g/mol. The normalized spacial score (nSPS) is 22.8. The first-order valence-electron chi connectivity index (χ1n) is 7.38. The van der Waals surface area contributed by atoms with E-state index in [-0.39, 0.29) is 4.90 Å². The first-order valence-corrected chi connectivity index (χ1v) is 8.82. The third-order valence-corrected chi connectivity index (χ3v) is 6.04. The van der Waals surface area contributed by atoms with E-state index in [1.807, 2.05) is 30.3 Å². The predicted molar refractivity (Wildman–Crippen MR) is 84.9 cm³/mol. The third-order valence-electron chi connectivity index (χ3n) is 4.10. The van der Waals surface area contributed by atoms with E-state index in [1.54, 1.807) is 30.3 Å². The van der Waals surface area contributed by atoms with E-state index in [1.165, 1.54) is 4.31 Å². The standard InChI is InChI=1S/C17H19NO3S/c19-17-11-12-18(16(17)13-14-7-3-1-4-8-14)22(20,21)15-9-5-2-6-10-15/h1-10,16-17,19H,11-13H2/t16-,17+/m0/s1. The highest BCUT2D eigenvalue weighted by Crippen LogP contribution is 2.28. The Bertz CT molecular complexity index is 716. The number of aliphatic hydroxyl groups is 1. The van der Waals surface area contributed by atoms with Gasteiger partial charge in [-0.3, -0.25) is 0 Å². The highest BCUT2D eigenvalue weighted by molar-refractivity contribution is 7.89. The zero-order valence-corrected chi connectivity index (χ0v) is 13.0. The summed E-state index contributed by atoms with van der Waals surface area (Å²) in [5, 5.41) is 10.2. The van der Waals surface area contributed by atoms with Crippen LogP contribution in [0, 0.1) is 0 Å². The molecule has 0 aliphatic carbocycles. The van der Waals surface area contributed by atoms with Gasteiger partial charge < -0.3 is 5.11 Å². The van der Waals surface area contributed by atoms with Crippen LogP contribution in [-0.2, 0) is 16.4 Å². The van der Waals surface area contributed by atoms with Crippen LogP contribution in [0.1, 0.15) is 12.0 Å². The molecule has 0 aromatic heterocycles. The van der Waals surface area contributed by atoms with Crippen molar-refractivity contribution in [2.75, 3.05) is 6.54 Å². The molecule has 1 aliphatic rings. The fraction of sp³-hybridized carbons (Fsp3) is 0.294. The molecule has 3 rings (SSSR count). The van der Waals surface area contributed by atoms with Gasteiger partial charge >= 0.3 is 0 Å². The van der Waals surface area contributed by atoms with Gasteiger partial charge in [0.05, 0.1) is 17.0 Å². The largest absolute Gasteiger partial charge is 0.391 e. The van der Waals surface area contributed by atoms with Crippen LogP contribution in [0.25, 0.3) is 0 Å². The van der Waals surface area contributed by atoms with Crippen LogP contribution >= 0.6 is 0 Å². The van der Waals surface area contributed by atoms with E-state index in [4.69, 9.17) is 0 Å². The number of benzene rings is 2. The van der Waals surface area contributed by atoms with Gasteiger partial charge in [0.2, 0.25) is 10.0 Å². The molecule has 1 aliphatic heterocycles. The fourth-order valence-electron chi connectivity index (χ4n) is 2.93. The van der Waals surface area contributed by atoms with Crippen LogP contribution in [0.5, 0.6) is 0 Å². The lowest BCUT2D eigenvalue weighted by Gasteiger charge is -2.25. The molecule has 116 valence electrons. The monoisotopic (exact) mass is 317 g/mol. The maximum absolute atomic E-state index is 12.8. The Hall–Kier alpha value is -1.69. The predicted octanol–water partition coefficient (Wildman–Crippen LogP) is 2.05. The molecule has 1 saturated heterocycles. The molecule has 2 atom stereocenters. The van der Waals surface area contributed by atoms with Crippen molar-refractivity contribution in [2.45, 2.75) is 29.9 Å². The van der Waals surface area contributed by atoms with E-state index in [2.05, 4.69) is 0 Å². The highest BCUT2D eigenvalue weighted by Gasteiger charge is 2.40. The van der Waals surface area contributed by atoms with Crippen molar-refractivity contribution in [1.82, 2.24) is 4.31 Å². The quantitative estimate of drug-likeness (QED) is 0.939. The van der Waals surface area contributed by atoms with Gasteiger partial charge in [-0.2, -0.15) is 4.31 Å². The lowest BCUT2D eigenvalue weighted by Crippen LogP contribution is -2.41. The third kappa shape index (κ3) is 2.92. The molecule has 2 aromatic carbocycles. The van der Waals surface area contributed by atoms with Crippen LogP contribution in [0.15, 0.2) is 65.6 Å². The summed E-state index contributed by atoms with van der Waals surface area (Å²) in [6, 6.07) is 17.7. The summed E-state index contributed by atoms with van der Waals surface area (Å²) in [6.07, 6.45) is 0.371. The number of aliphatic hydroxyl groups excluding tert-OH is 1. The van der Waals surface area contributed by atoms with E-state index < -0.39 is 22.2 Å². The number of sulfonamides is 1. The first kappa shape index (κ1) is 15.2. The average Bonchev–Trinajstić information content (AvgIpc) is 2.91. The van der Waals surface area contributed by atoms with Gasteiger partial charge in [0.15, 0.2) is 0 Å². The lowest BCUT2D eigenvalue weighted by atomic mass is 10.0. The van der Waals surface area contributed by atoms with Gasteiger partial charge in [-0.1, -0.05) is 48.5 Å². The molecule has 1 N–H and O–H groups in total. The van der Waals surface area contributed by atoms with E-state index in [0.29, 0.717) is 19.4 Å². The van der Waals surface area contributed by atoms with Gasteiger partial charge in [0, 0.05) is 6.54 Å². The van der Waals surface area contributed by atoms with Crippen molar-refractivity contribution in [2.24, 2.45) is 0 Å². The van der Waals surface area contributed by atoms with E-state index >= 15 is 0 Å². The molecule has 1 heterocycles. The fourth-order valence-corrected chi connectivity index (χ4v) is 4.62. The molecule has 0 radical (unpaired) electrons. The zero-order chi connectivity index (χ0) is 15.6. The summed E-state index contributed by atoms with van der Waals surface area (Å²) < 4.78 is 27.0. The molecule has 0 bridgehead atoms. The number of hydrogen-bond acceptors (Lipinski definition) is 3. The molecule has 22 heavy (non-hydrogen) atoms. The van der Waals surface area contributed by atoms with Crippen LogP contribution < -0.4 is 0 Å². The Kier molecular flexibility index (Phi) is 4.29. The minimum atomic E-state index is -3.57. The van der Waals surface area contributed by atoms with E-state index in [9.17, 15) is 13.5 Å². The first-order chi connectivity index (χ1) is 10.6. The van der Waals surface area contributed by atoms with Crippen molar-refractivity contribution < 1.29 is 13.5 Å². The Morgan fingerprint density at radius 2 is 1.59 bits per heavy atom. The van der Waals surface area contributed by atoms with Crippen LogP contribution in [-0.4, -0.2) is 36.5 Å². The van der Waals surface area contributed by atoms with Gasteiger partial charge in [0.25, 0.3) is 0 Å². The van der Waals surface area contributed by atoms with Gasteiger partial charge in [-0.05, 0) is 30.5 Å². The molecule has 0 amide bonds. The van der Waals surface area contributed by atoms with Crippen molar-refractivity contribution in [1.29, 1.82) is 0 Å². The molecular formula is C17H19NO3S. The molecule has 5 heteroatoms. The van der Waals surface area contributed by atoms with Crippen LogP contribution in [0.4, 0.5) is 0 Å². The van der Waals surface area contributed by atoms with Crippen molar-refractivity contribution in [3.8, 4) is 0 Å². The molecule has 0 spiro atoms. The molecule has 0 unspecified atom stereocenters. The van der Waals surface area contributed by atoms with E-state index in [0.717, 1.165) is 5.56 Å². The van der Waals surface area contributed by atoms with Crippen molar-refractivity contribution >= 4 is 10.0 Å². The smallest absolute Gasteiger partial charge is 0.243 e. The molecule has 1 fully saturated rings. The lowest BCUT2D eigenvalue weighted by molar-refractivity contribution is 0.142. The van der Waals surface area contributed by atoms with Crippen molar-refractivity contribution in [3.63, 3.8) is 0 Å². The second-order valence-corrected chi connectivity index (χ2v) is 7.43. The number of nitrogens with zero attached hydrogens (tertiary/aromatic N) is 1. The number of rotatable bonds is 4. The number of hydrogen-bond donors (Lipinski definition) is 1. The maximum atomic E-state index is 12.8. The second-order valence-electron chi connectivity index (χ2n) is 5.54. The Morgan fingerprint density at radius 1 is 1.00 bits per heavy atom. The minimum absolute atomic E-state index is 0.280. The topological polar surface area (TPSA) is 57.6 Å². The summed E-state index contributed by atoms with van der Waals surface area (Å²) in [4.78, 5) is 0.280. The average molecular weight is 317 g/mol. The maximum Gasteiger partial charge on any atom is 0.243 e. The van der Waals surface area contributed by atoms with Gasteiger partial charge in [-0.25, -0.2) is 8.42 Å². The van der Waals surface area contributed by atoms with Crippen molar-refractivity contribution in [3.05, 3.63) is 66.2 Å². The Balaban J connectivity index is 1.89. The van der Waals surface area contributed by atoms with Gasteiger partial charge in [-0.15, -0.1) is 0 Å². The summed E-state index contributed by atoms with van der Waals surface area (Å²) in [5.41, 5.74) is 1.03. The summed E-state index contributed by atoms with van der Waals surface area (Å²) in [6.45, 7) is 0.357. The SMILES string of the molecule is O=S(=O)(c1ccccc1)N1CC[C@@H](O)[C@@H]1Cc1ccccc1. The van der Waals surface area contributed by atoms with Crippen LogP contribution in [0.3, 0.4) is 0 Å². The Morgan fingerprint density at radius 3 is 2.23 bits per heavy atom. The second kappa shape index (κ2) is 6.20. The highest BCUT2D eigenvalue weighted by atomic mass is 32.2.